The van der Waals surface area contributed by atoms with E-state index in [1.165, 1.54) is 63.5 Å². The van der Waals surface area contributed by atoms with Gasteiger partial charge in [-0.3, -0.25) is 9.59 Å². The van der Waals surface area contributed by atoms with Crippen molar-refractivity contribution in [3.8, 4) is 0 Å². The van der Waals surface area contributed by atoms with E-state index < -0.39 is 30.1 Å². The van der Waals surface area contributed by atoms with Crippen LogP contribution in [0.1, 0.15) is 128 Å². The quantitative estimate of drug-likeness (QED) is 0.0494. The highest BCUT2D eigenvalue weighted by atomic mass is 16.3. The van der Waals surface area contributed by atoms with Crippen LogP contribution in [0.3, 0.4) is 0 Å². The van der Waals surface area contributed by atoms with Crippen molar-refractivity contribution >= 4 is 35.3 Å². The Morgan fingerprint density at radius 3 is 1.19 bits per heavy atom. The molecule has 47 heavy (non-hydrogen) atoms. The molecule has 2 amide bonds. The van der Waals surface area contributed by atoms with Gasteiger partial charge in [0.2, 0.25) is 11.8 Å². The molecule has 0 bridgehead atoms. The zero-order valence-corrected chi connectivity index (χ0v) is 28.6. The molecule has 8 heteroatoms. The molecule has 6 N–H and O–H groups in total. The number of hydrogen-bond donors (Lipinski definition) is 6. The van der Waals surface area contributed by atoms with Crippen LogP contribution in [-0.2, 0) is 9.59 Å². The van der Waals surface area contributed by atoms with Gasteiger partial charge in [0, 0.05) is 24.2 Å². The van der Waals surface area contributed by atoms with Gasteiger partial charge in [-0.25, -0.2) is 0 Å². The van der Waals surface area contributed by atoms with Crippen LogP contribution in [-0.4, -0.2) is 45.5 Å². The summed E-state index contributed by atoms with van der Waals surface area (Å²) in [5, 5.41) is 48.1. The standard InChI is InChI=1S/C39H58N2O6/c1-3-5-7-9-11-13-15-17-37(46)40-33-23-19-31(20-24-33)27-35(44)39(29-42,30-43)36(45)28-32-21-25-34(26-22-32)41-38(47)18-16-14-12-10-8-6-4-2/h19-28,42-45H,3-18,29-30H2,1-2H3,(H,40,46)(H,41,47). The van der Waals surface area contributed by atoms with E-state index in [-0.39, 0.29) is 11.8 Å². The van der Waals surface area contributed by atoms with Crippen molar-refractivity contribution in [1.29, 1.82) is 0 Å². The molecule has 0 aromatic heterocycles. The second-order valence-electron chi connectivity index (χ2n) is 12.5. The van der Waals surface area contributed by atoms with Crippen molar-refractivity contribution in [1.82, 2.24) is 0 Å². The summed E-state index contributed by atoms with van der Waals surface area (Å²) in [5.41, 5.74) is 0.550. The van der Waals surface area contributed by atoms with Gasteiger partial charge in [-0.05, 0) is 60.4 Å². The Kier molecular flexibility index (Phi) is 19.2. The molecule has 0 heterocycles. The van der Waals surface area contributed by atoms with Gasteiger partial charge in [0.1, 0.15) is 16.9 Å². The fourth-order valence-electron chi connectivity index (χ4n) is 5.35. The number of hydrogen-bond acceptors (Lipinski definition) is 6. The fourth-order valence-corrected chi connectivity index (χ4v) is 5.35. The fraction of sp³-hybridized carbons (Fsp3) is 0.538. The van der Waals surface area contributed by atoms with Gasteiger partial charge in [0.25, 0.3) is 0 Å². The highest BCUT2D eigenvalue weighted by molar-refractivity contribution is 5.91. The Hall–Kier alpha value is -3.62. The monoisotopic (exact) mass is 650 g/mol. The normalized spacial score (nSPS) is 12.3. The van der Waals surface area contributed by atoms with Crippen molar-refractivity contribution in [3.05, 3.63) is 71.2 Å². The third kappa shape index (κ3) is 14.8. The minimum Gasteiger partial charge on any atom is -0.511 e. The molecule has 2 aromatic rings. The van der Waals surface area contributed by atoms with Crippen LogP contribution in [0.15, 0.2) is 60.0 Å². The van der Waals surface area contributed by atoms with E-state index in [4.69, 9.17) is 0 Å². The smallest absolute Gasteiger partial charge is 0.224 e. The molecule has 0 aliphatic heterocycles. The number of aliphatic hydroxyl groups excluding tert-OH is 4. The molecule has 8 nitrogen and oxygen atoms in total. The summed E-state index contributed by atoms with van der Waals surface area (Å²) in [5.74, 6) is -0.918. The minimum atomic E-state index is -1.83. The molecule has 0 fully saturated rings. The van der Waals surface area contributed by atoms with Gasteiger partial charge in [-0.2, -0.15) is 0 Å². The van der Waals surface area contributed by atoms with Crippen LogP contribution in [0.5, 0.6) is 0 Å². The average molecular weight is 651 g/mol. The first kappa shape index (κ1) is 39.6. The number of carbonyl (C=O) groups excluding carboxylic acids is 2. The first-order chi connectivity index (χ1) is 22.8. The summed E-state index contributed by atoms with van der Waals surface area (Å²) in [6.07, 6.45) is 19.7. The number of nitrogens with one attached hydrogen (secondary N) is 2. The molecule has 0 saturated carbocycles. The average Bonchev–Trinajstić information content (AvgIpc) is 3.06. The highest BCUT2D eigenvalue weighted by Crippen LogP contribution is 2.35. The van der Waals surface area contributed by atoms with Gasteiger partial charge in [-0.1, -0.05) is 115 Å². The van der Waals surface area contributed by atoms with Crippen molar-refractivity contribution in [2.45, 2.75) is 117 Å². The number of aliphatic hydroxyl groups is 4. The number of benzene rings is 2. The maximum absolute atomic E-state index is 12.3. The lowest BCUT2D eigenvalue weighted by Crippen LogP contribution is -2.34. The summed E-state index contributed by atoms with van der Waals surface area (Å²) in [6.45, 7) is 2.91. The van der Waals surface area contributed by atoms with E-state index >= 15 is 0 Å². The van der Waals surface area contributed by atoms with Crippen LogP contribution in [0.25, 0.3) is 12.2 Å². The Labute approximate surface area is 282 Å². The van der Waals surface area contributed by atoms with Crippen LogP contribution < -0.4 is 10.6 Å². The predicted octanol–water partition coefficient (Wildman–Crippen LogP) is 9.31. The summed E-state index contributed by atoms with van der Waals surface area (Å²) in [6, 6.07) is 13.6. The molecule has 260 valence electrons. The maximum atomic E-state index is 12.3. The molecule has 0 atom stereocenters. The van der Waals surface area contributed by atoms with E-state index in [9.17, 15) is 30.0 Å². The first-order valence-electron chi connectivity index (χ1n) is 17.6. The summed E-state index contributed by atoms with van der Waals surface area (Å²) in [4.78, 5) is 24.6. The Morgan fingerprint density at radius 1 is 0.553 bits per heavy atom. The van der Waals surface area contributed by atoms with E-state index in [0.29, 0.717) is 35.3 Å². The topological polar surface area (TPSA) is 139 Å². The molecule has 2 rings (SSSR count). The number of rotatable bonds is 24. The van der Waals surface area contributed by atoms with E-state index in [1.54, 1.807) is 48.5 Å². The van der Waals surface area contributed by atoms with Gasteiger partial charge in [0.05, 0.1) is 13.2 Å². The van der Waals surface area contributed by atoms with Gasteiger partial charge in [-0.15, -0.1) is 0 Å². The third-order valence-corrected chi connectivity index (χ3v) is 8.53. The molecule has 0 aliphatic rings. The summed E-state index contributed by atoms with van der Waals surface area (Å²) in [7, 11) is 0. The van der Waals surface area contributed by atoms with Crippen LogP contribution in [0, 0.1) is 5.41 Å². The van der Waals surface area contributed by atoms with Crippen LogP contribution in [0.2, 0.25) is 0 Å². The maximum Gasteiger partial charge on any atom is 0.224 e. The zero-order chi connectivity index (χ0) is 34.3. The molecular formula is C39H58N2O6. The predicted molar refractivity (Wildman–Crippen MR) is 193 cm³/mol. The SMILES string of the molecule is CCCCCCCCCC(=O)Nc1ccc(C=C(O)C(CO)(CO)C(O)=Cc2ccc(NC(=O)CCCCCCCCC)cc2)cc1. The van der Waals surface area contributed by atoms with Crippen LogP contribution >= 0.6 is 0 Å². The Balaban J connectivity index is 1.94. The molecule has 0 radical (unpaired) electrons. The first-order valence-corrected chi connectivity index (χ1v) is 17.6. The summed E-state index contributed by atoms with van der Waals surface area (Å²) < 4.78 is 0. The second kappa shape index (κ2) is 22.8. The van der Waals surface area contributed by atoms with E-state index in [1.807, 2.05) is 0 Å². The Morgan fingerprint density at radius 2 is 0.872 bits per heavy atom. The van der Waals surface area contributed by atoms with Gasteiger partial charge < -0.3 is 31.1 Å². The highest BCUT2D eigenvalue weighted by Gasteiger charge is 2.38. The molecule has 0 aliphatic carbocycles. The van der Waals surface area contributed by atoms with E-state index in [0.717, 1.165) is 38.5 Å². The van der Waals surface area contributed by atoms with Crippen molar-refractivity contribution in [3.63, 3.8) is 0 Å². The molecular weight excluding hydrogens is 592 g/mol. The molecule has 2 aromatic carbocycles. The Bertz CT molecular complexity index is 1140. The largest absolute Gasteiger partial charge is 0.511 e. The van der Waals surface area contributed by atoms with Crippen LogP contribution in [0.4, 0.5) is 11.4 Å². The lowest BCUT2D eigenvalue weighted by Gasteiger charge is -2.28. The lowest BCUT2D eigenvalue weighted by atomic mass is 9.83. The van der Waals surface area contributed by atoms with Gasteiger partial charge in [0.15, 0.2) is 0 Å². The second-order valence-corrected chi connectivity index (χ2v) is 12.5. The lowest BCUT2D eigenvalue weighted by molar-refractivity contribution is -0.117. The van der Waals surface area contributed by atoms with Gasteiger partial charge >= 0.3 is 0 Å². The van der Waals surface area contributed by atoms with Crippen molar-refractivity contribution in [2.75, 3.05) is 23.8 Å². The zero-order valence-electron chi connectivity index (χ0n) is 28.6. The minimum absolute atomic E-state index is 0.0433. The number of amides is 2. The number of carbonyl (C=O) groups is 2. The molecule has 0 saturated heterocycles. The molecule has 0 unspecified atom stereocenters. The number of anilines is 2. The van der Waals surface area contributed by atoms with Crippen molar-refractivity contribution in [2.24, 2.45) is 5.41 Å². The number of unbranched alkanes of at least 4 members (excludes halogenated alkanes) is 12. The van der Waals surface area contributed by atoms with E-state index in [2.05, 4.69) is 24.5 Å². The van der Waals surface area contributed by atoms with Crippen molar-refractivity contribution < 1.29 is 30.0 Å². The third-order valence-electron chi connectivity index (χ3n) is 8.53. The molecule has 0 spiro atoms. The summed E-state index contributed by atoms with van der Waals surface area (Å²) >= 11 is 0.